The molecule has 2 aromatic carbocycles. The molecule has 31 heavy (non-hydrogen) atoms. The lowest BCUT2D eigenvalue weighted by atomic mass is 10.2. The maximum absolute atomic E-state index is 12.8. The average Bonchev–Trinajstić information content (AvgIpc) is 3.24. The van der Waals surface area contributed by atoms with E-state index in [0.29, 0.717) is 18.1 Å². The third kappa shape index (κ3) is 5.36. The fourth-order valence-electron chi connectivity index (χ4n) is 3.58. The van der Waals surface area contributed by atoms with Crippen LogP contribution in [0.15, 0.2) is 76.0 Å². The monoisotopic (exact) mass is 458 g/mol. The molecule has 1 fully saturated rings. The van der Waals surface area contributed by atoms with E-state index in [-0.39, 0.29) is 28.1 Å². The van der Waals surface area contributed by atoms with Crippen molar-refractivity contribution in [2.45, 2.75) is 17.2 Å². The molecule has 4 rings (SSSR count). The van der Waals surface area contributed by atoms with Gasteiger partial charge in [-0.3, -0.25) is 9.69 Å². The predicted octanol–water partition coefficient (Wildman–Crippen LogP) is 3.86. The van der Waals surface area contributed by atoms with Crippen LogP contribution in [-0.4, -0.2) is 50.3 Å². The highest BCUT2D eigenvalue weighted by Gasteiger charge is 2.25. The Bertz CT molecular complexity index is 1140. The van der Waals surface area contributed by atoms with Crippen LogP contribution in [0.5, 0.6) is 0 Å². The first-order chi connectivity index (χ1) is 14.9. The van der Waals surface area contributed by atoms with E-state index in [0.717, 1.165) is 19.6 Å². The Morgan fingerprint density at radius 1 is 0.903 bits per heavy atom. The molecule has 0 unspecified atom stereocenters. The maximum Gasteiger partial charge on any atom is 0.289 e. The molecule has 1 saturated heterocycles. The van der Waals surface area contributed by atoms with Crippen molar-refractivity contribution in [1.29, 1.82) is 0 Å². The van der Waals surface area contributed by atoms with Crippen LogP contribution in [0.4, 0.5) is 0 Å². The number of benzene rings is 2. The van der Waals surface area contributed by atoms with Crippen molar-refractivity contribution in [1.82, 2.24) is 9.80 Å². The summed E-state index contributed by atoms with van der Waals surface area (Å²) in [5, 5.41) is 0.716. The fraction of sp³-hybridized carbons (Fsp3) is 0.261. The van der Waals surface area contributed by atoms with Gasteiger partial charge in [0.25, 0.3) is 5.91 Å². The number of carbonyl (C=O) groups is 1. The first kappa shape index (κ1) is 21.6. The SMILES string of the molecule is O=C(c1ccc(CS(=O)(=O)c2ccccc2)o1)N1CCN(Cc2ccc(Cl)cc2)CC1. The number of rotatable bonds is 6. The molecular weight excluding hydrogens is 436 g/mol. The molecule has 0 saturated carbocycles. The van der Waals surface area contributed by atoms with Crippen molar-refractivity contribution < 1.29 is 17.6 Å². The second-order valence-electron chi connectivity index (χ2n) is 7.53. The summed E-state index contributed by atoms with van der Waals surface area (Å²) in [4.78, 5) is 17.1. The zero-order valence-corrected chi connectivity index (χ0v) is 18.5. The summed E-state index contributed by atoms with van der Waals surface area (Å²) in [7, 11) is -3.52. The minimum atomic E-state index is -3.52. The summed E-state index contributed by atoms with van der Waals surface area (Å²) in [6.07, 6.45) is 0. The Morgan fingerprint density at radius 3 is 2.26 bits per heavy atom. The third-order valence-corrected chi connectivity index (χ3v) is 7.19. The topological polar surface area (TPSA) is 70.8 Å². The van der Waals surface area contributed by atoms with Gasteiger partial charge in [0, 0.05) is 37.7 Å². The van der Waals surface area contributed by atoms with E-state index in [1.54, 1.807) is 47.4 Å². The Morgan fingerprint density at radius 2 is 1.58 bits per heavy atom. The number of hydrogen-bond donors (Lipinski definition) is 0. The van der Waals surface area contributed by atoms with Gasteiger partial charge in [0.1, 0.15) is 11.5 Å². The Balaban J connectivity index is 1.33. The van der Waals surface area contributed by atoms with Gasteiger partial charge in [-0.1, -0.05) is 41.9 Å². The van der Waals surface area contributed by atoms with E-state index in [2.05, 4.69) is 4.90 Å². The van der Waals surface area contributed by atoms with Gasteiger partial charge < -0.3 is 9.32 Å². The number of amides is 1. The van der Waals surface area contributed by atoms with Crippen LogP contribution < -0.4 is 0 Å². The zero-order chi connectivity index (χ0) is 21.8. The van der Waals surface area contributed by atoms with Crippen LogP contribution in [0.1, 0.15) is 21.9 Å². The van der Waals surface area contributed by atoms with Crippen LogP contribution in [0.25, 0.3) is 0 Å². The lowest BCUT2D eigenvalue weighted by molar-refractivity contribution is 0.0596. The van der Waals surface area contributed by atoms with Crippen molar-refractivity contribution in [3.63, 3.8) is 0 Å². The van der Waals surface area contributed by atoms with E-state index >= 15 is 0 Å². The molecule has 1 amide bonds. The van der Waals surface area contributed by atoms with Crippen LogP contribution in [-0.2, 0) is 22.1 Å². The van der Waals surface area contributed by atoms with E-state index in [4.69, 9.17) is 16.0 Å². The second kappa shape index (κ2) is 9.26. The number of sulfone groups is 1. The fourth-order valence-corrected chi connectivity index (χ4v) is 4.98. The Labute approximate surface area is 186 Å². The van der Waals surface area contributed by atoms with E-state index in [1.807, 2.05) is 24.3 Å². The Hall–Kier alpha value is -2.61. The summed E-state index contributed by atoms with van der Waals surface area (Å²) in [5.41, 5.74) is 1.18. The van der Waals surface area contributed by atoms with Crippen molar-refractivity contribution >= 4 is 27.3 Å². The van der Waals surface area contributed by atoms with Gasteiger partial charge in [-0.15, -0.1) is 0 Å². The number of halogens is 1. The summed E-state index contributed by atoms with van der Waals surface area (Å²) in [5.74, 6) is -0.0633. The quantitative estimate of drug-likeness (QED) is 0.560. The van der Waals surface area contributed by atoms with Gasteiger partial charge in [-0.2, -0.15) is 0 Å². The van der Waals surface area contributed by atoms with Gasteiger partial charge in [-0.25, -0.2) is 8.42 Å². The van der Waals surface area contributed by atoms with E-state index < -0.39 is 9.84 Å². The predicted molar refractivity (Wildman–Crippen MR) is 119 cm³/mol. The molecule has 3 aromatic rings. The third-order valence-electron chi connectivity index (χ3n) is 5.29. The lowest BCUT2D eigenvalue weighted by Gasteiger charge is -2.34. The highest BCUT2D eigenvalue weighted by Crippen LogP contribution is 2.20. The minimum Gasteiger partial charge on any atom is -0.455 e. The lowest BCUT2D eigenvalue weighted by Crippen LogP contribution is -2.48. The molecule has 0 spiro atoms. The van der Waals surface area contributed by atoms with Gasteiger partial charge in [0.05, 0.1) is 4.90 Å². The van der Waals surface area contributed by atoms with Gasteiger partial charge in [0.2, 0.25) is 0 Å². The smallest absolute Gasteiger partial charge is 0.289 e. The van der Waals surface area contributed by atoms with Gasteiger partial charge in [0.15, 0.2) is 15.6 Å². The number of nitrogens with zero attached hydrogens (tertiary/aromatic N) is 2. The molecular formula is C23H23ClN2O4S. The molecule has 0 bridgehead atoms. The van der Waals surface area contributed by atoms with E-state index in [1.165, 1.54) is 5.56 Å². The normalized spacial score (nSPS) is 15.2. The second-order valence-corrected chi connectivity index (χ2v) is 9.96. The molecule has 2 heterocycles. The van der Waals surface area contributed by atoms with Crippen molar-refractivity contribution in [2.24, 2.45) is 0 Å². The molecule has 6 nitrogen and oxygen atoms in total. The molecule has 1 aliphatic heterocycles. The largest absolute Gasteiger partial charge is 0.455 e. The molecule has 1 aliphatic rings. The maximum atomic E-state index is 12.8. The molecule has 8 heteroatoms. The molecule has 0 N–H and O–H groups in total. The standard InChI is InChI=1S/C23H23ClN2O4S/c24-19-8-6-18(7-9-19)16-25-12-14-26(15-13-25)23(27)22-11-10-20(30-22)17-31(28,29)21-4-2-1-3-5-21/h1-11H,12-17H2. The number of carbonyl (C=O) groups excluding carboxylic acids is 1. The van der Waals surface area contributed by atoms with Crippen LogP contribution in [0.3, 0.4) is 0 Å². The van der Waals surface area contributed by atoms with Crippen molar-refractivity contribution in [2.75, 3.05) is 26.2 Å². The summed E-state index contributed by atoms with van der Waals surface area (Å²) < 4.78 is 30.6. The number of furan rings is 1. The average molecular weight is 459 g/mol. The van der Waals surface area contributed by atoms with Crippen LogP contribution >= 0.6 is 11.6 Å². The number of hydrogen-bond acceptors (Lipinski definition) is 5. The molecule has 162 valence electrons. The first-order valence-corrected chi connectivity index (χ1v) is 12.1. The molecule has 0 atom stereocenters. The van der Waals surface area contributed by atoms with E-state index in [9.17, 15) is 13.2 Å². The summed E-state index contributed by atoms with van der Waals surface area (Å²) in [6.45, 7) is 3.49. The molecule has 0 aliphatic carbocycles. The molecule has 1 aromatic heterocycles. The summed E-state index contributed by atoms with van der Waals surface area (Å²) >= 11 is 5.93. The van der Waals surface area contributed by atoms with Crippen LogP contribution in [0, 0.1) is 0 Å². The zero-order valence-electron chi connectivity index (χ0n) is 16.9. The minimum absolute atomic E-state index is 0.171. The van der Waals surface area contributed by atoms with Gasteiger partial charge in [-0.05, 0) is 42.0 Å². The van der Waals surface area contributed by atoms with Crippen molar-refractivity contribution in [3.8, 4) is 0 Å². The van der Waals surface area contributed by atoms with Gasteiger partial charge >= 0.3 is 0 Å². The molecule has 0 radical (unpaired) electrons. The Kier molecular flexibility index (Phi) is 6.46. The van der Waals surface area contributed by atoms with Crippen LogP contribution in [0.2, 0.25) is 5.02 Å². The summed E-state index contributed by atoms with van der Waals surface area (Å²) in [6, 6.07) is 19.1. The van der Waals surface area contributed by atoms with Crippen molar-refractivity contribution in [3.05, 3.63) is 88.8 Å². The highest BCUT2D eigenvalue weighted by atomic mass is 35.5. The number of piperazine rings is 1. The highest BCUT2D eigenvalue weighted by molar-refractivity contribution is 7.90. The first-order valence-electron chi connectivity index (χ1n) is 10.0.